The standard InChI is InChI=1S/C27H32N4O2S/c1-20-8-10-22(11-9-20)23-19-34-26(28-23)29-25(33)18-30-15-13-27(24(32)17-30)12-5-14-31(27)16-21-6-3-2-4-7-21/h2-4,6-11,19,24,32H,5,12-18H2,1H3,(H,28,29,33)/t24-,27-/m0/s1. The molecule has 2 aliphatic heterocycles. The van der Waals surface area contributed by atoms with Crippen molar-refractivity contribution >= 4 is 22.4 Å². The Balaban J connectivity index is 1.16. The number of carbonyl (C=O) groups is 1. The summed E-state index contributed by atoms with van der Waals surface area (Å²) in [4.78, 5) is 21.8. The van der Waals surface area contributed by atoms with Gasteiger partial charge in [-0.15, -0.1) is 11.3 Å². The number of piperidine rings is 1. The lowest BCUT2D eigenvalue weighted by atomic mass is 9.82. The fourth-order valence-corrected chi connectivity index (χ4v) is 6.11. The van der Waals surface area contributed by atoms with Crippen LogP contribution < -0.4 is 5.32 Å². The number of amides is 1. The number of aromatic nitrogens is 1. The molecule has 1 amide bonds. The highest BCUT2D eigenvalue weighted by molar-refractivity contribution is 7.14. The topological polar surface area (TPSA) is 68.7 Å². The van der Waals surface area contributed by atoms with Crippen LogP contribution in [0.1, 0.15) is 30.4 Å². The summed E-state index contributed by atoms with van der Waals surface area (Å²) in [6.07, 6.45) is 2.54. The Bertz CT molecular complexity index is 1120. The van der Waals surface area contributed by atoms with E-state index in [-0.39, 0.29) is 18.0 Å². The first-order valence-corrected chi connectivity index (χ1v) is 12.9. The van der Waals surface area contributed by atoms with Crippen LogP contribution in [0.4, 0.5) is 5.13 Å². The van der Waals surface area contributed by atoms with Crippen LogP contribution in [0.15, 0.2) is 60.0 Å². The SMILES string of the molecule is Cc1ccc(-c2csc(NC(=O)CN3CC[C@@]4(CCCN4Cc4ccccc4)[C@@H](O)C3)n2)cc1. The smallest absolute Gasteiger partial charge is 0.240 e. The lowest BCUT2D eigenvalue weighted by molar-refractivity contribution is -0.120. The van der Waals surface area contributed by atoms with Crippen molar-refractivity contribution in [2.45, 2.75) is 44.4 Å². The molecule has 2 N–H and O–H groups in total. The number of benzene rings is 2. The van der Waals surface area contributed by atoms with E-state index in [0.29, 0.717) is 11.7 Å². The Labute approximate surface area is 205 Å². The van der Waals surface area contributed by atoms with Crippen LogP contribution in [0.5, 0.6) is 0 Å². The number of likely N-dealkylation sites (tertiary alicyclic amines) is 2. The molecule has 2 saturated heterocycles. The van der Waals surface area contributed by atoms with Crippen LogP contribution in [-0.2, 0) is 11.3 Å². The molecule has 0 bridgehead atoms. The van der Waals surface area contributed by atoms with Crippen molar-refractivity contribution in [3.05, 3.63) is 71.1 Å². The molecule has 3 aromatic rings. The van der Waals surface area contributed by atoms with Gasteiger partial charge in [0.2, 0.25) is 5.91 Å². The molecule has 3 heterocycles. The molecule has 0 saturated carbocycles. The largest absolute Gasteiger partial charge is 0.390 e. The lowest BCUT2D eigenvalue weighted by Gasteiger charge is -2.48. The third kappa shape index (κ3) is 4.93. The Morgan fingerprint density at radius 1 is 1.15 bits per heavy atom. The number of aliphatic hydroxyl groups is 1. The Hall–Kier alpha value is -2.58. The zero-order valence-electron chi connectivity index (χ0n) is 19.6. The number of rotatable bonds is 6. The molecule has 2 fully saturated rings. The van der Waals surface area contributed by atoms with E-state index in [0.717, 1.165) is 50.2 Å². The van der Waals surface area contributed by atoms with Crippen molar-refractivity contribution in [3.8, 4) is 11.3 Å². The summed E-state index contributed by atoms with van der Waals surface area (Å²) in [5.41, 5.74) is 4.23. The molecule has 2 aliphatic rings. The van der Waals surface area contributed by atoms with E-state index in [1.165, 1.54) is 22.5 Å². The second kappa shape index (κ2) is 9.96. The summed E-state index contributed by atoms with van der Waals surface area (Å²) in [5.74, 6) is -0.0829. The van der Waals surface area contributed by atoms with E-state index in [4.69, 9.17) is 0 Å². The number of hydrogen-bond acceptors (Lipinski definition) is 6. The fraction of sp³-hybridized carbons (Fsp3) is 0.407. The summed E-state index contributed by atoms with van der Waals surface area (Å²) in [6.45, 7) is 5.54. The normalized spacial score (nSPS) is 23.4. The number of nitrogens with zero attached hydrogens (tertiary/aromatic N) is 3. The van der Waals surface area contributed by atoms with E-state index in [1.54, 1.807) is 0 Å². The minimum atomic E-state index is -0.465. The van der Waals surface area contributed by atoms with Gasteiger partial charge in [0.25, 0.3) is 0 Å². The molecule has 0 aliphatic carbocycles. The Morgan fingerprint density at radius 3 is 2.71 bits per heavy atom. The highest BCUT2D eigenvalue weighted by Crippen LogP contribution is 2.39. The van der Waals surface area contributed by atoms with Crippen LogP contribution in [0, 0.1) is 6.92 Å². The van der Waals surface area contributed by atoms with Gasteiger partial charge in [0, 0.05) is 36.1 Å². The molecule has 34 heavy (non-hydrogen) atoms. The van der Waals surface area contributed by atoms with E-state index in [1.807, 2.05) is 23.6 Å². The molecule has 7 heteroatoms. The van der Waals surface area contributed by atoms with Crippen molar-refractivity contribution in [2.24, 2.45) is 0 Å². The van der Waals surface area contributed by atoms with Gasteiger partial charge in [-0.3, -0.25) is 14.6 Å². The molecule has 1 spiro atoms. The van der Waals surface area contributed by atoms with E-state index < -0.39 is 6.10 Å². The average Bonchev–Trinajstić information content (AvgIpc) is 3.45. The van der Waals surface area contributed by atoms with Crippen molar-refractivity contribution in [3.63, 3.8) is 0 Å². The monoisotopic (exact) mass is 476 g/mol. The summed E-state index contributed by atoms with van der Waals surface area (Å²) in [7, 11) is 0. The second-order valence-electron chi connectivity index (χ2n) is 9.57. The first-order chi connectivity index (χ1) is 16.5. The summed E-state index contributed by atoms with van der Waals surface area (Å²) < 4.78 is 0. The van der Waals surface area contributed by atoms with Crippen LogP contribution in [0.2, 0.25) is 0 Å². The Morgan fingerprint density at radius 2 is 1.94 bits per heavy atom. The highest BCUT2D eigenvalue weighted by Gasteiger charge is 2.49. The number of hydrogen-bond donors (Lipinski definition) is 2. The molecule has 2 aromatic carbocycles. The molecule has 0 radical (unpaired) electrons. The number of carbonyl (C=O) groups excluding carboxylic acids is 1. The lowest BCUT2D eigenvalue weighted by Crippen LogP contribution is -2.61. The summed E-state index contributed by atoms with van der Waals surface area (Å²) in [6, 6.07) is 18.7. The van der Waals surface area contributed by atoms with E-state index in [9.17, 15) is 9.90 Å². The number of anilines is 1. The minimum Gasteiger partial charge on any atom is -0.390 e. The summed E-state index contributed by atoms with van der Waals surface area (Å²) >= 11 is 1.44. The maximum Gasteiger partial charge on any atom is 0.240 e. The van der Waals surface area contributed by atoms with Gasteiger partial charge >= 0.3 is 0 Å². The number of aryl methyl sites for hydroxylation is 1. The summed E-state index contributed by atoms with van der Waals surface area (Å²) in [5, 5.41) is 16.7. The fourth-order valence-electron chi connectivity index (χ4n) is 5.38. The number of aliphatic hydroxyl groups excluding tert-OH is 1. The molecule has 6 nitrogen and oxygen atoms in total. The second-order valence-corrected chi connectivity index (χ2v) is 10.4. The highest BCUT2D eigenvalue weighted by atomic mass is 32.1. The van der Waals surface area contributed by atoms with Crippen LogP contribution >= 0.6 is 11.3 Å². The molecule has 5 rings (SSSR count). The third-order valence-corrected chi connectivity index (χ3v) is 8.02. The first kappa shape index (κ1) is 23.2. The van der Waals surface area contributed by atoms with Crippen LogP contribution in [0.3, 0.4) is 0 Å². The predicted octanol–water partition coefficient (Wildman–Crippen LogP) is 4.16. The third-order valence-electron chi connectivity index (χ3n) is 7.26. The predicted molar refractivity (Wildman–Crippen MR) is 137 cm³/mol. The van der Waals surface area contributed by atoms with Gasteiger partial charge < -0.3 is 10.4 Å². The van der Waals surface area contributed by atoms with Crippen molar-refractivity contribution in [2.75, 3.05) is 31.5 Å². The zero-order chi connectivity index (χ0) is 23.5. The number of nitrogens with one attached hydrogen (secondary N) is 1. The van der Waals surface area contributed by atoms with Gasteiger partial charge in [0.15, 0.2) is 5.13 Å². The number of β-amino-alcohol motifs (C(OH)–C–C–N with tert-alkyl or cyclic N) is 1. The van der Waals surface area contributed by atoms with Crippen LogP contribution in [-0.4, -0.2) is 63.6 Å². The maximum absolute atomic E-state index is 12.7. The van der Waals surface area contributed by atoms with Gasteiger partial charge in [-0.05, 0) is 38.3 Å². The van der Waals surface area contributed by atoms with Gasteiger partial charge in [0.1, 0.15) is 0 Å². The molecular formula is C27H32N4O2S. The van der Waals surface area contributed by atoms with Crippen molar-refractivity contribution in [1.29, 1.82) is 0 Å². The molecule has 178 valence electrons. The zero-order valence-corrected chi connectivity index (χ0v) is 20.4. The van der Waals surface area contributed by atoms with Crippen molar-refractivity contribution in [1.82, 2.24) is 14.8 Å². The van der Waals surface area contributed by atoms with E-state index >= 15 is 0 Å². The molecule has 1 aromatic heterocycles. The van der Waals surface area contributed by atoms with Gasteiger partial charge in [0.05, 0.1) is 18.3 Å². The average molecular weight is 477 g/mol. The molecule has 2 atom stereocenters. The number of thiazole rings is 1. The van der Waals surface area contributed by atoms with Gasteiger partial charge in [-0.2, -0.15) is 0 Å². The van der Waals surface area contributed by atoms with Crippen LogP contribution in [0.25, 0.3) is 11.3 Å². The maximum atomic E-state index is 12.7. The minimum absolute atomic E-state index is 0.0829. The first-order valence-electron chi connectivity index (χ1n) is 12.0. The van der Waals surface area contributed by atoms with Crippen molar-refractivity contribution < 1.29 is 9.90 Å². The quantitative estimate of drug-likeness (QED) is 0.559. The molecular weight excluding hydrogens is 444 g/mol. The van der Waals surface area contributed by atoms with Gasteiger partial charge in [-0.1, -0.05) is 60.2 Å². The van der Waals surface area contributed by atoms with Gasteiger partial charge in [-0.25, -0.2) is 4.98 Å². The van der Waals surface area contributed by atoms with E-state index in [2.05, 4.69) is 63.4 Å². The Kier molecular flexibility index (Phi) is 6.79. The molecule has 0 unspecified atom stereocenters.